The molecule has 0 saturated carbocycles. The zero-order valence-corrected chi connectivity index (χ0v) is 16.6. The van der Waals surface area contributed by atoms with Crippen molar-refractivity contribution < 1.29 is 4.79 Å². The van der Waals surface area contributed by atoms with Crippen molar-refractivity contribution in [2.24, 2.45) is 11.8 Å². The minimum Gasteiger partial charge on any atom is -0.337 e. The largest absolute Gasteiger partial charge is 0.337 e. The molecule has 0 aliphatic carbocycles. The summed E-state index contributed by atoms with van der Waals surface area (Å²) in [6, 6.07) is 10.3. The van der Waals surface area contributed by atoms with Gasteiger partial charge in [-0.05, 0) is 55.9 Å². The standard InChI is InChI=1S/C21H25N3OS/c1-13-6-5-7-17(9-13)24-21-18(16(4)22-24)10-19(26-21)20(25)23-11-14(2)8-15(3)12-23/h5-7,9-10,14-15H,8,11-12H2,1-4H3/t14-,15+. The third-order valence-electron chi connectivity index (χ3n) is 5.16. The van der Waals surface area contributed by atoms with Crippen LogP contribution < -0.4 is 0 Å². The number of fused-ring (bicyclic) bond motifs is 1. The van der Waals surface area contributed by atoms with Crippen LogP contribution in [0.1, 0.15) is 41.2 Å². The summed E-state index contributed by atoms with van der Waals surface area (Å²) in [5.41, 5.74) is 3.22. The minimum absolute atomic E-state index is 0.166. The van der Waals surface area contributed by atoms with Gasteiger partial charge in [-0.25, -0.2) is 4.68 Å². The Kier molecular flexibility index (Phi) is 4.35. The topological polar surface area (TPSA) is 38.1 Å². The fourth-order valence-electron chi connectivity index (χ4n) is 4.07. The maximum atomic E-state index is 13.1. The van der Waals surface area contributed by atoms with E-state index in [9.17, 15) is 4.79 Å². The van der Waals surface area contributed by atoms with Gasteiger partial charge in [-0.15, -0.1) is 11.3 Å². The van der Waals surface area contributed by atoms with Gasteiger partial charge in [0, 0.05) is 18.5 Å². The summed E-state index contributed by atoms with van der Waals surface area (Å²) >= 11 is 1.56. The van der Waals surface area contributed by atoms with Crippen molar-refractivity contribution in [3.63, 3.8) is 0 Å². The third-order valence-corrected chi connectivity index (χ3v) is 6.26. The maximum Gasteiger partial charge on any atom is 0.264 e. The normalized spacial score (nSPS) is 20.7. The van der Waals surface area contributed by atoms with Crippen LogP contribution in [-0.2, 0) is 0 Å². The van der Waals surface area contributed by atoms with Crippen LogP contribution in [0.25, 0.3) is 15.9 Å². The van der Waals surface area contributed by atoms with Crippen molar-refractivity contribution in [1.29, 1.82) is 0 Å². The zero-order chi connectivity index (χ0) is 18.4. The summed E-state index contributed by atoms with van der Waals surface area (Å²) in [6.45, 7) is 10.3. The molecule has 1 amide bonds. The highest BCUT2D eigenvalue weighted by Gasteiger charge is 2.28. The molecule has 136 valence electrons. The number of hydrogen-bond donors (Lipinski definition) is 0. The van der Waals surface area contributed by atoms with E-state index in [2.05, 4.69) is 39.0 Å². The molecule has 1 aliphatic heterocycles. The Bertz CT molecular complexity index is 961. The number of piperidine rings is 1. The highest BCUT2D eigenvalue weighted by molar-refractivity contribution is 7.20. The van der Waals surface area contributed by atoms with E-state index in [0.717, 1.165) is 39.6 Å². The van der Waals surface area contributed by atoms with E-state index in [-0.39, 0.29) is 5.91 Å². The Hall–Kier alpha value is -2.14. The van der Waals surface area contributed by atoms with E-state index in [1.165, 1.54) is 12.0 Å². The van der Waals surface area contributed by atoms with Crippen LogP contribution in [0.4, 0.5) is 0 Å². The van der Waals surface area contributed by atoms with Crippen LogP contribution >= 0.6 is 11.3 Å². The van der Waals surface area contributed by atoms with Gasteiger partial charge in [-0.2, -0.15) is 5.10 Å². The lowest BCUT2D eigenvalue weighted by Crippen LogP contribution is -2.42. The highest BCUT2D eigenvalue weighted by atomic mass is 32.1. The smallest absolute Gasteiger partial charge is 0.264 e. The van der Waals surface area contributed by atoms with Crippen LogP contribution in [-0.4, -0.2) is 33.7 Å². The second kappa shape index (κ2) is 6.54. The first-order valence-electron chi connectivity index (χ1n) is 9.28. The predicted molar refractivity (Wildman–Crippen MR) is 107 cm³/mol. The molecule has 1 aromatic carbocycles. The third kappa shape index (κ3) is 3.05. The Labute approximate surface area is 158 Å². The summed E-state index contributed by atoms with van der Waals surface area (Å²) in [6.07, 6.45) is 1.21. The monoisotopic (exact) mass is 367 g/mol. The molecule has 0 N–H and O–H groups in total. The van der Waals surface area contributed by atoms with Crippen molar-refractivity contribution in [2.45, 2.75) is 34.1 Å². The molecule has 5 heteroatoms. The van der Waals surface area contributed by atoms with Gasteiger partial charge < -0.3 is 4.90 Å². The van der Waals surface area contributed by atoms with Gasteiger partial charge >= 0.3 is 0 Å². The van der Waals surface area contributed by atoms with Crippen molar-refractivity contribution in [3.8, 4) is 5.69 Å². The molecule has 3 heterocycles. The Morgan fingerprint density at radius 1 is 1.15 bits per heavy atom. The second-order valence-electron chi connectivity index (χ2n) is 7.82. The molecule has 26 heavy (non-hydrogen) atoms. The van der Waals surface area contributed by atoms with Gasteiger partial charge in [0.2, 0.25) is 0 Å². The summed E-state index contributed by atoms with van der Waals surface area (Å²) in [5.74, 6) is 1.31. The number of benzene rings is 1. The lowest BCUT2D eigenvalue weighted by Gasteiger charge is -2.34. The Balaban J connectivity index is 1.72. The summed E-state index contributed by atoms with van der Waals surface area (Å²) in [7, 11) is 0. The summed E-state index contributed by atoms with van der Waals surface area (Å²) in [5, 5.41) is 5.78. The fourth-order valence-corrected chi connectivity index (χ4v) is 5.22. The number of likely N-dealkylation sites (tertiary alicyclic amines) is 1. The van der Waals surface area contributed by atoms with Crippen LogP contribution in [0.2, 0.25) is 0 Å². The molecule has 1 saturated heterocycles. The lowest BCUT2D eigenvalue weighted by atomic mass is 9.92. The number of thiophene rings is 1. The van der Waals surface area contributed by atoms with Crippen molar-refractivity contribution in [2.75, 3.05) is 13.1 Å². The molecule has 0 spiro atoms. The van der Waals surface area contributed by atoms with Crippen LogP contribution in [0, 0.1) is 25.7 Å². The predicted octanol–water partition coefficient (Wildman–Crippen LogP) is 4.82. The highest BCUT2D eigenvalue weighted by Crippen LogP contribution is 2.32. The van der Waals surface area contributed by atoms with Crippen molar-refractivity contribution >= 4 is 27.5 Å². The van der Waals surface area contributed by atoms with E-state index in [1.54, 1.807) is 11.3 Å². The molecule has 0 radical (unpaired) electrons. The van der Waals surface area contributed by atoms with E-state index < -0.39 is 0 Å². The van der Waals surface area contributed by atoms with E-state index in [4.69, 9.17) is 5.10 Å². The first kappa shape index (κ1) is 17.3. The molecule has 2 atom stereocenters. The van der Waals surface area contributed by atoms with Crippen LogP contribution in [0.3, 0.4) is 0 Å². The fraction of sp³-hybridized carbons (Fsp3) is 0.429. The van der Waals surface area contributed by atoms with Crippen molar-refractivity contribution in [1.82, 2.24) is 14.7 Å². The van der Waals surface area contributed by atoms with E-state index >= 15 is 0 Å². The number of aromatic nitrogens is 2. The molecule has 2 aromatic heterocycles. The van der Waals surface area contributed by atoms with Gasteiger partial charge in [-0.3, -0.25) is 4.79 Å². The average molecular weight is 368 g/mol. The van der Waals surface area contributed by atoms with Gasteiger partial charge in [-0.1, -0.05) is 26.0 Å². The molecule has 0 bridgehead atoms. The Morgan fingerprint density at radius 3 is 2.58 bits per heavy atom. The minimum atomic E-state index is 0.166. The van der Waals surface area contributed by atoms with Gasteiger partial charge in [0.05, 0.1) is 16.3 Å². The molecule has 4 nitrogen and oxygen atoms in total. The second-order valence-corrected chi connectivity index (χ2v) is 8.85. The number of rotatable bonds is 2. The number of hydrogen-bond acceptors (Lipinski definition) is 3. The number of aryl methyl sites for hydroxylation is 2. The Morgan fingerprint density at radius 2 is 1.88 bits per heavy atom. The SMILES string of the molecule is Cc1cccc(-n2nc(C)c3cc(C(=O)N4C[C@H](C)C[C@H](C)C4)sc32)c1. The molecule has 1 fully saturated rings. The number of carbonyl (C=O) groups is 1. The number of nitrogens with zero attached hydrogens (tertiary/aromatic N) is 3. The summed E-state index contributed by atoms with van der Waals surface area (Å²) in [4.78, 5) is 17.0. The number of amides is 1. The van der Waals surface area contributed by atoms with E-state index in [0.29, 0.717) is 11.8 Å². The maximum absolute atomic E-state index is 13.1. The molecule has 4 rings (SSSR count). The molecular formula is C21H25N3OS. The zero-order valence-electron chi connectivity index (χ0n) is 15.8. The first-order chi connectivity index (χ1) is 12.4. The molecule has 1 aliphatic rings. The quantitative estimate of drug-likeness (QED) is 0.651. The van der Waals surface area contributed by atoms with Crippen LogP contribution in [0.5, 0.6) is 0 Å². The molecule has 3 aromatic rings. The van der Waals surface area contributed by atoms with Crippen molar-refractivity contribution in [3.05, 3.63) is 46.5 Å². The van der Waals surface area contributed by atoms with Gasteiger partial charge in [0.25, 0.3) is 5.91 Å². The van der Waals surface area contributed by atoms with Crippen LogP contribution in [0.15, 0.2) is 30.3 Å². The number of carbonyl (C=O) groups excluding carboxylic acids is 1. The summed E-state index contributed by atoms with van der Waals surface area (Å²) < 4.78 is 1.97. The average Bonchev–Trinajstić information content (AvgIpc) is 3.14. The molecule has 0 unspecified atom stereocenters. The lowest BCUT2D eigenvalue weighted by molar-refractivity contribution is 0.0628. The first-order valence-corrected chi connectivity index (χ1v) is 10.1. The van der Waals surface area contributed by atoms with Gasteiger partial charge in [0.15, 0.2) is 0 Å². The van der Waals surface area contributed by atoms with E-state index in [1.807, 2.05) is 28.6 Å². The molecular weight excluding hydrogens is 342 g/mol. The van der Waals surface area contributed by atoms with Gasteiger partial charge in [0.1, 0.15) is 4.83 Å².